The SMILES string of the molecule is NCC(O)c1c(O)ccc2c1OCO2. The van der Waals surface area contributed by atoms with Gasteiger partial charge in [0.25, 0.3) is 0 Å². The molecule has 0 fully saturated rings. The fraction of sp³-hybridized carbons (Fsp3) is 0.333. The molecule has 1 aliphatic rings. The van der Waals surface area contributed by atoms with Crippen LogP contribution in [-0.4, -0.2) is 23.6 Å². The van der Waals surface area contributed by atoms with Gasteiger partial charge in [-0.2, -0.15) is 0 Å². The van der Waals surface area contributed by atoms with Gasteiger partial charge in [-0.3, -0.25) is 0 Å². The van der Waals surface area contributed by atoms with Crippen molar-refractivity contribution in [3.8, 4) is 17.2 Å². The van der Waals surface area contributed by atoms with Gasteiger partial charge in [0, 0.05) is 6.54 Å². The summed E-state index contributed by atoms with van der Waals surface area (Å²) in [6.45, 7) is 0.121. The van der Waals surface area contributed by atoms with Crippen LogP contribution in [0.25, 0.3) is 0 Å². The first kappa shape index (κ1) is 9.11. The van der Waals surface area contributed by atoms with Gasteiger partial charge < -0.3 is 25.4 Å². The molecule has 1 aliphatic heterocycles. The zero-order valence-corrected chi connectivity index (χ0v) is 7.43. The van der Waals surface area contributed by atoms with Gasteiger partial charge in [-0.15, -0.1) is 0 Å². The van der Waals surface area contributed by atoms with Gasteiger partial charge in [-0.05, 0) is 12.1 Å². The first-order valence-electron chi connectivity index (χ1n) is 4.23. The Kier molecular flexibility index (Phi) is 2.18. The summed E-state index contributed by atoms with van der Waals surface area (Å²) in [5.74, 6) is 0.862. The number of fused-ring (bicyclic) bond motifs is 1. The number of rotatable bonds is 2. The lowest BCUT2D eigenvalue weighted by Crippen LogP contribution is -2.12. The van der Waals surface area contributed by atoms with Crippen LogP contribution in [0.3, 0.4) is 0 Å². The fourth-order valence-corrected chi connectivity index (χ4v) is 1.42. The number of benzene rings is 1. The molecule has 0 spiro atoms. The third-order valence-electron chi connectivity index (χ3n) is 2.11. The Morgan fingerprint density at radius 3 is 2.93 bits per heavy atom. The summed E-state index contributed by atoms with van der Waals surface area (Å²) in [4.78, 5) is 0. The van der Waals surface area contributed by atoms with Crippen LogP contribution in [0.5, 0.6) is 17.2 Å². The highest BCUT2D eigenvalue weighted by Crippen LogP contribution is 2.43. The Bertz CT molecular complexity index is 353. The molecule has 4 N–H and O–H groups in total. The largest absolute Gasteiger partial charge is 0.507 e. The molecule has 0 amide bonds. The maximum atomic E-state index is 9.55. The molecule has 0 aromatic heterocycles. The van der Waals surface area contributed by atoms with E-state index in [4.69, 9.17) is 15.2 Å². The van der Waals surface area contributed by atoms with E-state index in [1.807, 2.05) is 0 Å². The number of ether oxygens (including phenoxy) is 2. The highest BCUT2D eigenvalue weighted by molar-refractivity contribution is 5.55. The lowest BCUT2D eigenvalue weighted by Gasteiger charge is -2.12. The third kappa shape index (κ3) is 1.26. The van der Waals surface area contributed by atoms with Gasteiger partial charge in [0.05, 0.1) is 11.7 Å². The summed E-state index contributed by atoms with van der Waals surface area (Å²) in [7, 11) is 0. The molecule has 1 unspecified atom stereocenters. The minimum Gasteiger partial charge on any atom is -0.507 e. The van der Waals surface area contributed by atoms with Gasteiger partial charge in [0.1, 0.15) is 5.75 Å². The van der Waals surface area contributed by atoms with E-state index in [2.05, 4.69) is 0 Å². The molecule has 5 heteroatoms. The topological polar surface area (TPSA) is 84.9 Å². The zero-order chi connectivity index (χ0) is 10.1. The summed E-state index contributed by atoms with van der Waals surface area (Å²) < 4.78 is 10.2. The normalized spacial score (nSPS) is 15.6. The Hall–Kier alpha value is -1.46. The molecule has 0 radical (unpaired) electrons. The molecule has 1 heterocycles. The van der Waals surface area contributed by atoms with Gasteiger partial charge >= 0.3 is 0 Å². The maximum absolute atomic E-state index is 9.55. The third-order valence-corrected chi connectivity index (χ3v) is 2.11. The maximum Gasteiger partial charge on any atom is 0.231 e. The number of nitrogens with two attached hydrogens (primary N) is 1. The van der Waals surface area contributed by atoms with E-state index in [1.165, 1.54) is 6.07 Å². The number of phenolic OH excluding ortho intramolecular Hbond substituents is 1. The average molecular weight is 197 g/mol. The van der Waals surface area contributed by atoms with Crippen molar-refractivity contribution in [2.24, 2.45) is 5.73 Å². The number of hydrogen-bond acceptors (Lipinski definition) is 5. The molecule has 2 rings (SSSR count). The standard InChI is InChI=1S/C9H11NO4/c10-3-6(12)8-5(11)1-2-7-9(8)14-4-13-7/h1-2,6,11-12H,3-4,10H2. The highest BCUT2D eigenvalue weighted by Gasteiger charge is 2.24. The van der Waals surface area contributed by atoms with Crippen LogP contribution >= 0.6 is 0 Å². The molecular weight excluding hydrogens is 186 g/mol. The van der Waals surface area contributed by atoms with Crippen molar-refractivity contribution in [2.45, 2.75) is 6.10 Å². The monoisotopic (exact) mass is 197 g/mol. The first-order chi connectivity index (χ1) is 6.74. The number of phenols is 1. The van der Waals surface area contributed by atoms with Gasteiger partial charge in [0.15, 0.2) is 11.5 Å². The number of aromatic hydroxyl groups is 1. The quantitative estimate of drug-likeness (QED) is 0.626. The minimum absolute atomic E-state index is 0.0212. The van der Waals surface area contributed by atoms with Crippen molar-refractivity contribution in [3.63, 3.8) is 0 Å². The Morgan fingerprint density at radius 1 is 1.43 bits per heavy atom. The molecule has 0 bridgehead atoms. The predicted octanol–water partition coefficient (Wildman–Crippen LogP) is 0.113. The molecule has 14 heavy (non-hydrogen) atoms. The smallest absolute Gasteiger partial charge is 0.231 e. The summed E-state index contributed by atoms with van der Waals surface area (Å²) in [6.07, 6.45) is -0.938. The van der Waals surface area contributed by atoms with E-state index in [0.29, 0.717) is 17.1 Å². The molecule has 1 aromatic rings. The highest BCUT2D eigenvalue weighted by atomic mass is 16.7. The van der Waals surface area contributed by atoms with Crippen molar-refractivity contribution < 1.29 is 19.7 Å². The Morgan fingerprint density at radius 2 is 2.21 bits per heavy atom. The lowest BCUT2D eigenvalue weighted by molar-refractivity contribution is 0.159. The minimum atomic E-state index is -0.938. The summed E-state index contributed by atoms with van der Waals surface area (Å²) in [6, 6.07) is 3.03. The average Bonchev–Trinajstić information content (AvgIpc) is 2.64. The van der Waals surface area contributed by atoms with Crippen LogP contribution in [0.15, 0.2) is 12.1 Å². The van der Waals surface area contributed by atoms with Crippen molar-refractivity contribution in [3.05, 3.63) is 17.7 Å². The Balaban J connectivity index is 2.51. The van der Waals surface area contributed by atoms with E-state index in [9.17, 15) is 10.2 Å². The van der Waals surface area contributed by atoms with Crippen LogP contribution < -0.4 is 15.2 Å². The van der Waals surface area contributed by atoms with Gasteiger partial charge in [0.2, 0.25) is 6.79 Å². The second-order valence-electron chi connectivity index (χ2n) is 2.98. The number of aliphatic hydroxyl groups is 1. The van der Waals surface area contributed by atoms with Crippen LogP contribution in [0, 0.1) is 0 Å². The van der Waals surface area contributed by atoms with Crippen molar-refractivity contribution in [1.29, 1.82) is 0 Å². The molecule has 5 nitrogen and oxygen atoms in total. The first-order valence-corrected chi connectivity index (χ1v) is 4.23. The van der Waals surface area contributed by atoms with E-state index in [1.54, 1.807) is 6.07 Å². The summed E-state index contributed by atoms with van der Waals surface area (Å²) in [5, 5.41) is 19.1. The summed E-state index contributed by atoms with van der Waals surface area (Å²) in [5.41, 5.74) is 5.60. The summed E-state index contributed by atoms with van der Waals surface area (Å²) >= 11 is 0. The second kappa shape index (κ2) is 3.36. The Labute approximate surface area is 80.7 Å². The molecule has 1 aromatic carbocycles. The van der Waals surface area contributed by atoms with Crippen LogP contribution in [0.1, 0.15) is 11.7 Å². The van der Waals surface area contributed by atoms with Crippen LogP contribution in [0.4, 0.5) is 0 Å². The van der Waals surface area contributed by atoms with Crippen molar-refractivity contribution in [2.75, 3.05) is 13.3 Å². The molecule has 0 aliphatic carbocycles. The molecule has 76 valence electrons. The zero-order valence-electron chi connectivity index (χ0n) is 7.43. The van der Waals surface area contributed by atoms with Gasteiger partial charge in [-0.1, -0.05) is 0 Å². The predicted molar refractivity (Wildman–Crippen MR) is 48.2 cm³/mol. The molecular formula is C9H11NO4. The van der Waals surface area contributed by atoms with E-state index in [0.717, 1.165) is 0 Å². The number of aliphatic hydroxyl groups excluding tert-OH is 1. The fourth-order valence-electron chi connectivity index (χ4n) is 1.42. The number of hydrogen-bond donors (Lipinski definition) is 3. The van der Waals surface area contributed by atoms with Gasteiger partial charge in [-0.25, -0.2) is 0 Å². The molecule has 0 saturated heterocycles. The lowest BCUT2D eigenvalue weighted by atomic mass is 10.1. The van der Waals surface area contributed by atoms with Crippen molar-refractivity contribution >= 4 is 0 Å². The van der Waals surface area contributed by atoms with Crippen LogP contribution in [-0.2, 0) is 0 Å². The van der Waals surface area contributed by atoms with E-state index >= 15 is 0 Å². The molecule has 0 saturated carbocycles. The van der Waals surface area contributed by atoms with Crippen LogP contribution in [0.2, 0.25) is 0 Å². The second-order valence-corrected chi connectivity index (χ2v) is 2.98. The van der Waals surface area contributed by atoms with E-state index < -0.39 is 6.10 Å². The molecule has 1 atom stereocenters. The van der Waals surface area contributed by atoms with E-state index in [-0.39, 0.29) is 19.1 Å². The van der Waals surface area contributed by atoms with Crippen molar-refractivity contribution in [1.82, 2.24) is 0 Å².